The number of halogens is 1. The highest BCUT2D eigenvalue weighted by molar-refractivity contribution is 9.10. The molecule has 0 N–H and O–H groups in total. The third-order valence-corrected chi connectivity index (χ3v) is 7.40. The van der Waals surface area contributed by atoms with Crippen molar-refractivity contribution in [2.75, 3.05) is 19.6 Å². The molecule has 1 unspecified atom stereocenters. The number of rotatable bonds is 6. The summed E-state index contributed by atoms with van der Waals surface area (Å²) in [7, 11) is 0. The summed E-state index contributed by atoms with van der Waals surface area (Å²) in [6, 6.07) is 17.8. The number of amides is 2. The van der Waals surface area contributed by atoms with Gasteiger partial charge < -0.3 is 9.80 Å². The minimum atomic E-state index is -0.107. The maximum atomic E-state index is 13.6. The second-order valence-electron chi connectivity index (χ2n) is 8.18. The number of thiophene rings is 1. The first kappa shape index (κ1) is 22.7. The van der Waals surface area contributed by atoms with Gasteiger partial charge in [0.15, 0.2) is 0 Å². The van der Waals surface area contributed by atoms with Gasteiger partial charge in [0.2, 0.25) is 5.91 Å². The molecule has 0 spiro atoms. The minimum absolute atomic E-state index is 0.00802. The Morgan fingerprint density at radius 2 is 1.81 bits per heavy atom. The molecule has 2 aromatic carbocycles. The number of carbonyl (C=O) groups is 2. The van der Waals surface area contributed by atoms with Crippen molar-refractivity contribution < 1.29 is 9.59 Å². The lowest BCUT2D eigenvalue weighted by molar-refractivity contribution is -0.134. The summed E-state index contributed by atoms with van der Waals surface area (Å²) in [4.78, 5) is 31.7. The monoisotopic (exact) mass is 510 g/mol. The number of fused-ring (bicyclic) bond motifs is 1. The van der Waals surface area contributed by atoms with Crippen LogP contribution in [0.4, 0.5) is 0 Å². The van der Waals surface area contributed by atoms with Crippen molar-refractivity contribution in [3.8, 4) is 0 Å². The zero-order valence-electron chi connectivity index (χ0n) is 18.4. The fourth-order valence-electron chi connectivity index (χ4n) is 4.24. The molecule has 6 heteroatoms. The topological polar surface area (TPSA) is 40.6 Å². The molecule has 0 radical (unpaired) electrons. The summed E-state index contributed by atoms with van der Waals surface area (Å²) in [5.41, 5.74) is 4.12. The van der Waals surface area contributed by atoms with Gasteiger partial charge in [0.05, 0.1) is 6.04 Å². The van der Waals surface area contributed by atoms with E-state index in [-0.39, 0.29) is 24.4 Å². The highest BCUT2D eigenvalue weighted by Gasteiger charge is 2.34. The van der Waals surface area contributed by atoms with Gasteiger partial charge in [-0.3, -0.25) is 9.59 Å². The van der Waals surface area contributed by atoms with Crippen LogP contribution in [-0.4, -0.2) is 41.2 Å². The molecular formula is C26H27BrN2O2S. The van der Waals surface area contributed by atoms with E-state index in [0.717, 1.165) is 22.9 Å². The molecule has 166 valence electrons. The largest absolute Gasteiger partial charge is 0.330 e. The molecule has 0 aliphatic carbocycles. The van der Waals surface area contributed by atoms with Gasteiger partial charge in [-0.15, -0.1) is 11.3 Å². The Kier molecular flexibility index (Phi) is 7.11. The van der Waals surface area contributed by atoms with E-state index in [0.29, 0.717) is 18.7 Å². The molecule has 3 aromatic rings. The molecule has 1 aromatic heterocycles. The summed E-state index contributed by atoms with van der Waals surface area (Å²) in [6.45, 7) is 5.40. The van der Waals surface area contributed by atoms with Crippen molar-refractivity contribution in [3.63, 3.8) is 0 Å². The number of nitrogens with zero attached hydrogens (tertiary/aromatic N) is 2. The van der Waals surface area contributed by atoms with Crippen molar-refractivity contribution in [1.82, 2.24) is 9.80 Å². The summed E-state index contributed by atoms with van der Waals surface area (Å²) in [5.74, 6) is -0.112. The molecule has 4 nitrogen and oxygen atoms in total. The Labute approximate surface area is 202 Å². The van der Waals surface area contributed by atoms with Gasteiger partial charge in [-0.05, 0) is 66.6 Å². The van der Waals surface area contributed by atoms with E-state index in [2.05, 4.69) is 58.6 Å². The van der Waals surface area contributed by atoms with Crippen LogP contribution >= 0.6 is 27.3 Å². The van der Waals surface area contributed by atoms with Crippen LogP contribution in [0.15, 0.2) is 64.5 Å². The first-order valence-electron chi connectivity index (χ1n) is 10.9. The first-order valence-corrected chi connectivity index (χ1v) is 12.6. The zero-order valence-corrected chi connectivity index (χ0v) is 20.8. The average molecular weight is 511 g/mol. The van der Waals surface area contributed by atoms with Gasteiger partial charge in [-0.25, -0.2) is 0 Å². The Morgan fingerprint density at radius 3 is 2.50 bits per heavy atom. The molecule has 0 saturated carbocycles. The van der Waals surface area contributed by atoms with Gasteiger partial charge in [0.1, 0.15) is 6.54 Å². The molecule has 2 heterocycles. The van der Waals surface area contributed by atoms with Crippen LogP contribution in [-0.2, 0) is 11.2 Å². The third kappa shape index (κ3) is 4.81. The molecular weight excluding hydrogens is 484 g/mol. The van der Waals surface area contributed by atoms with E-state index in [1.165, 1.54) is 16.0 Å². The van der Waals surface area contributed by atoms with E-state index in [9.17, 15) is 9.59 Å². The van der Waals surface area contributed by atoms with Gasteiger partial charge >= 0.3 is 0 Å². The molecule has 0 fully saturated rings. The Hall–Kier alpha value is -2.44. The van der Waals surface area contributed by atoms with E-state index < -0.39 is 0 Å². The SMILES string of the molecule is CCCN(CC(=O)N1CCc2sccc2C1c1ccc(C)cc1)C(=O)c1ccc(Br)cc1. The predicted octanol–water partition coefficient (Wildman–Crippen LogP) is 5.85. The number of hydrogen-bond donors (Lipinski definition) is 0. The van der Waals surface area contributed by atoms with E-state index in [4.69, 9.17) is 0 Å². The van der Waals surface area contributed by atoms with Crippen LogP contribution in [0.3, 0.4) is 0 Å². The van der Waals surface area contributed by atoms with Crippen LogP contribution < -0.4 is 0 Å². The van der Waals surface area contributed by atoms with Crippen LogP contribution in [0.2, 0.25) is 0 Å². The van der Waals surface area contributed by atoms with E-state index in [1.807, 2.05) is 24.0 Å². The summed E-state index contributed by atoms with van der Waals surface area (Å²) in [6.07, 6.45) is 1.65. The second kappa shape index (κ2) is 10.0. The van der Waals surface area contributed by atoms with Crippen molar-refractivity contribution in [1.29, 1.82) is 0 Å². The molecule has 4 rings (SSSR count). The van der Waals surface area contributed by atoms with E-state index in [1.54, 1.807) is 28.4 Å². The Balaban J connectivity index is 1.60. The van der Waals surface area contributed by atoms with Crippen LogP contribution in [0, 0.1) is 6.92 Å². The molecule has 0 bridgehead atoms. The molecule has 2 amide bonds. The number of hydrogen-bond acceptors (Lipinski definition) is 3. The normalized spacial score (nSPS) is 15.3. The van der Waals surface area contributed by atoms with Gasteiger partial charge in [-0.1, -0.05) is 52.7 Å². The van der Waals surface area contributed by atoms with Gasteiger partial charge in [0, 0.05) is 28.0 Å². The van der Waals surface area contributed by atoms with Crippen molar-refractivity contribution in [3.05, 3.63) is 91.6 Å². The number of aryl methyl sites for hydroxylation is 1. The quantitative estimate of drug-likeness (QED) is 0.417. The van der Waals surface area contributed by atoms with Gasteiger partial charge in [0.25, 0.3) is 5.91 Å². The van der Waals surface area contributed by atoms with Crippen LogP contribution in [0.1, 0.15) is 51.3 Å². The van der Waals surface area contributed by atoms with Crippen molar-refractivity contribution in [2.24, 2.45) is 0 Å². The Morgan fingerprint density at radius 1 is 1.09 bits per heavy atom. The highest BCUT2D eigenvalue weighted by atomic mass is 79.9. The lowest BCUT2D eigenvalue weighted by Gasteiger charge is -2.37. The molecule has 0 saturated heterocycles. The molecule has 1 atom stereocenters. The fraction of sp³-hybridized carbons (Fsp3) is 0.308. The smallest absolute Gasteiger partial charge is 0.254 e. The average Bonchev–Trinajstić information content (AvgIpc) is 3.28. The van der Waals surface area contributed by atoms with Gasteiger partial charge in [-0.2, -0.15) is 0 Å². The van der Waals surface area contributed by atoms with Crippen molar-refractivity contribution in [2.45, 2.75) is 32.7 Å². The third-order valence-electron chi connectivity index (χ3n) is 5.88. The first-order chi connectivity index (χ1) is 15.5. The summed E-state index contributed by atoms with van der Waals surface area (Å²) < 4.78 is 0.924. The molecule has 1 aliphatic heterocycles. The Bertz CT molecular complexity index is 1090. The molecule has 1 aliphatic rings. The fourth-order valence-corrected chi connectivity index (χ4v) is 5.41. The van der Waals surface area contributed by atoms with Crippen molar-refractivity contribution >= 4 is 39.1 Å². The van der Waals surface area contributed by atoms with Crippen LogP contribution in [0.25, 0.3) is 0 Å². The maximum absolute atomic E-state index is 13.6. The molecule has 32 heavy (non-hydrogen) atoms. The zero-order chi connectivity index (χ0) is 22.7. The number of benzene rings is 2. The van der Waals surface area contributed by atoms with E-state index >= 15 is 0 Å². The number of carbonyl (C=O) groups excluding carboxylic acids is 2. The lowest BCUT2D eigenvalue weighted by atomic mass is 9.92. The maximum Gasteiger partial charge on any atom is 0.254 e. The summed E-state index contributed by atoms with van der Waals surface area (Å²) >= 11 is 5.17. The van der Waals surface area contributed by atoms with Crippen LogP contribution in [0.5, 0.6) is 0 Å². The summed E-state index contributed by atoms with van der Waals surface area (Å²) in [5, 5.41) is 2.11. The predicted molar refractivity (Wildman–Crippen MR) is 133 cm³/mol. The standard InChI is InChI=1S/C26H27BrN2O2S/c1-3-14-28(26(31)20-8-10-21(27)11-9-20)17-24(30)29-15-12-23-22(13-16-32-23)25(29)19-6-4-18(2)5-7-19/h4-11,13,16,25H,3,12,14-15,17H2,1-2H3. The second-order valence-corrected chi connectivity index (χ2v) is 10.1. The highest BCUT2D eigenvalue weighted by Crippen LogP contribution is 2.38. The lowest BCUT2D eigenvalue weighted by Crippen LogP contribution is -2.47. The minimum Gasteiger partial charge on any atom is -0.330 e.